The molecule has 126 valence electrons. The van der Waals surface area contributed by atoms with E-state index in [4.69, 9.17) is 4.74 Å². The summed E-state index contributed by atoms with van der Waals surface area (Å²) < 4.78 is 21.5. The van der Waals surface area contributed by atoms with Crippen molar-refractivity contribution in [1.29, 1.82) is 0 Å². The van der Waals surface area contributed by atoms with Crippen LogP contribution in [0.1, 0.15) is 25.7 Å². The highest BCUT2D eigenvalue weighted by molar-refractivity contribution is 5.84. The number of hydrogen-bond donors (Lipinski definition) is 0. The number of benzene rings is 1. The summed E-state index contributed by atoms with van der Waals surface area (Å²) in [6.07, 6.45) is 8.31. The summed E-state index contributed by atoms with van der Waals surface area (Å²) in [5, 5.41) is 0. The van der Waals surface area contributed by atoms with Gasteiger partial charge in [0, 0.05) is 12.7 Å². The van der Waals surface area contributed by atoms with Gasteiger partial charge in [0.15, 0.2) is 0 Å². The van der Waals surface area contributed by atoms with Crippen LogP contribution < -0.4 is 4.74 Å². The molecule has 1 fully saturated rings. The Balaban J connectivity index is 1.47. The van der Waals surface area contributed by atoms with Crippen LogP contribution in [0.2, 0.25) is 0 Å². The Morgan fingerprint density at radius 1 is 1.08 bits per heavy atom. The van der Waals surface area contributed by atoms with Gasteiger partial charge < -0.3 is 14.0 Å². The van der Waals surface area contributed by atoms with Gasteiger partial charge in [0.05, 0.1) is 18.3 Å². The molecule has 0 unspecified atom stereocenters. The zero-order chi connectivity index (χ0) is 16.4. The minimum atomic E-state index is -0.253. The third kappa shape index (κ3) is 2.96. The lowest BCUT2D eigenvalue weighted by Crippen LogP contribution is -2.31. The molecule has 0 aliphatic carbocycles. The van der Waals surface area contributed by atoms with Gasteiger partial charge in [0.1, 0.15) is 22.6 Å². The van der Waals surface area contributed by atoms with Crippen LogP contribution in [-0.2, 0) is 0 Å². The van der Waals surface area contributed by atoms with E-state index in [0.717, 1.165) is 29.7 Å². The number of piperidine rings is 1. The number of nitrogens with zero attached hydrogens (tertiary/aromatic N) is 3. The fourth-order valence-electron chi connectivity index (χ4n) is 3.49. The van der Waals surface area contributed by atoms with Crippen LogP contribution in [0, 0.1) is 5.82 Å². The summed E-state index contributed by atoms with van der Waals surface area (Å²) in [6.45, 7) is 4.20. The highest BCUT2D eigenvalue weighted by Gasteiger charge is 2.11. The van der Waals surface area contributed by atoms with Crippen molar-refractivity contribution in [3.63, 3.8) is 0 Å². The van der Waals surface area contributed by atoms with E-state index in [9.17, 15) is 4.39 Å². The molecule has 3 heterocycles. The Morgan fingerprint density at radius 2 is 1.96 bits per heavy atom. The van der Waals surface area contributed by atoms with Gasteiger partial charge in [-0.3, -0.25) is 0 Å². The largest absolute Gasteiger partial charge is 0.491 e. The molecule has 2 aromatic heterocycles. The van der Waals surface area contributed by atoms with Crippen LogP contribution in [0.5, 0.6) is 5.75 Å². The Kier molecular flexibility index (Phi) is 4.34. The molecule has 0 atom stereocenters. The first-order chi connectivity index (χ1) is 11.8. The van der Waals surface area contributed by atoms with Gasteiger partial charge >= 0.3 is 0 Å². The number of rotatable bonds is 5. The molecule has 4 rings (SSSR count). The SMILES string of the molecule is Fc1ccn2c1cnc1c(OCCCN3CCCCC3)cccc12. The topological polar surface area (TPSA) is 29.8 Å². The van der Waals surface area contributed by atoms with Gasteiger partial charge in [-0.25, -0.2) is 9.37 Å². The lowest BCUT2D eigenvalue weighted by molar-refractivity contribution is 0.205. The second-order valence-electron chi connectivity index (χ2n) is 6.41. The van der Waals surface area contributed by atoms with E-state index in [1.807, 2.05) is 22.6 Å². The average Bonchev–Trinajstić information content (AvgIpc) is 3.01. The van der Waals surface area contributed by atoms with Crippen LogP contribution in [0.4, 0.5) is 4.39 Å². The quantitative estimate of drug-likeness (QED) is 0.666. The molecule has 24 heavy (non-hydrogen) atoms. The van der Waals surface area contributed by atoms with Gasteiger partial charge in [-0.15, -0.1) is 0 Å². The summed E-state index contributed by atoms with van der Waals surface area (Å²) >= 11 is 0. The lowest BCUT2D eigenvalue weighted by atomic mass is 10.1. The van der Waals surface area contributed by atoms with Crippen LogP contribution >= 0.6 is 0 Å². The first-order valence-electron chi connectivity index (χ1n) is 8.72. The summed E-state index contributed by atoms with van der Waals surface area (Å²) in [7, 11) is 0. The van der Waals surface area contributed by atoms with Crippen molar-refractivity contribution in [2.45, 2.75) is 25.7 Å². The summed E-state index contributed by atoms with van der Waals surface area (Å²) in [4.78, 5) is 6.93. The van der Waals surface area contributed by atoms with E-state index in [1.165, 1.54) is 38.4 Å². The molecule has 1 aliphatic heterocycles. The molecule has 1 saturated heterocycles. The zero-order valence-electron chi connectivity index (χ0n) is 13.7. The second-order valence-corrected chi connectivity index (χ2v) is 6.41. The van der Waals surface area contributed by atoms with E-state index in [2.05, 4.69) is 9.88 Å². The molecular formula is C19H22FN3O. The molecule has 0 amide bonds. The van der Waals surface area contributed by atoms with Crippen LogP contribution in [0.3, 0.4) is 0 Å². The van der Waals surface area contributed by atoms with Crippen molar-refractivity contribution in [3.05, 3.63) is 42.5 Å². The summed E-state index contributed by atoms with van der Waals surface area (Å²) in [5.41, 5.74) is 2.13. The van der Waals surface area contributed by atoms with Gasteiger partial charge in [0.25, 0.3) is 0 Å². The maximum absolute atomic E-state index is 13.7. The fourth-order valence-corrected chi connectivity index (χ4v) is 3.49. The van der Waals surface area contributed by atoms with E-state index in [-0.39, 0.29) is 5.82 Å². The number of halogens is 1. The molecule has 5 heteroatoms. The Labute approximate surface area is 140 Å². The van der Waals surface area contributed by atoms with E-state index in [1.54, 1.807) is 12.4 Å². The predicted octanol–water partition coefficient (Wildman–Crippen LogP) is 3.88. The average molecular weight is 327 g/mol. The van der Waals surface area contributed by atoms with Gasteiger partial charge in [-0.2, -0.15) is 0 Å². The molecule has 0 spiro atoms. The number of likely N-dealkylation sites (tertiary alicyclic amines) is 1. The third-order valence-corrected chi connectivity index (χ3v) is 4.75. The van der Waals surface area contributed by atoms with Crippen molar-refractivity contribution < 1.29 is 9.13 Å². The molecule has 1 aliphatic rings. The number of hydrogen-bond acceptors (Lipinski definition) is 3. The Hall–Kier alpha value is -2.14. The molecule has 0 bridgehead atoms. The molecule has 4 nitrogen and oxygen atoms in total. The summed E-state index contributed by atoms with van der Waals surface area (Å²) in [5.74, 6) is 0.513. The van der Waals surface area contributed by atoms with Crippen molar-refractivity contribution in [2.24, 2.45) is 0 Å². The van der Waals surface area contributed by atoms with Gasteiger partial charge in [-0.05, 0) is 50.6 Å². The standard InChI is InChI=1S/C19H22FN3O/c20-15-8-12-23-16-6-4-7-18(19(16)21-14-17(15)23)24-13-5-11-22-9-2-1-3-10-22/h4,6-8,12,14H,1-3,5,9-11,13H2. The highest BCUT2D eigenvalue weighted by Crippen LogP contribution is 2.25. The molecule has 0 saturated carbocycles. The maximum atomic E-state index is 13.7. The highest BCUT2D eigenvalue weighted by atomic mass is 19.1. The van der Waals surface area contributed by atoms with E-state index >= 15 is 0 Å². The minimum absolute atomic E-state index is 0.253. The van der Waals surface area contributed by atoms with Crippen LogP contribution in [0.15, 0.2) is 36.7 Å². The normalized spacial score (nSPS) is 16.0. The third-order valence-electron chi connectivity index (χ3n) is 4.75. The van der Waals surface area contributed by atoms with Crippen molar-refractivity contribution in [2.75, 3.05) is 26.2 Å². The van der Waals surface area contributed by atoms with E-state index < -0.39 is 0 Å². The van der Waals surface area contributed by atoms with E-state index in [0.29, 0.717) is 12.1 Å². The number of ether oxygens (including phenoxy) is 1. The molecule has 0 N–H and O–H groups in total. The first-order valence-corrected chi connectivity index (χ1v) is 8.72. The zero-order valence-corrected chi connectivity index (χ0v) is 13.7. The number of para-hydroxylation sites is 1. The maximum Gasteiger partial charge on any atom is 0.150 e. The van der Waals surface area contributed by atoms with Crippen LogP contribution in [-0.4, -0.2) is 40.5 Å². The number of fused-ring (bicyclic) bond motifs is 3. The molecule has 3 aromatic rings. The fraction of sp³-hybridized carbons (Fsp3) is 0.421. The minimum Gasteiger partial charge on any atom is -0.491 e. The Bertz CT molecular complexity index is 839. The molecular weight excluding hydrogens is 305 g/mol. The smallest absolute Gasteiger partial charge is 0.150 e. The predicted molar refractivity (Wildman–Crippen MR) is 93.1 cm³/mol. The Morgan fingerprint density at radius 3 is 2.83 bits per heavy atom. The van der Waals surface area contributed by atoms with Gasteiger partial charge in [0.2, 0.25) is 0 Å². The number of aromatic nitrogens is 2. The second kappa shape index (κ2) is 6.77. The first kappa shape index (κ1) is 15.4. The van der Waals surface area contributed by atoms with Crippen molar-refractivity contribution >= 4 is 16.6 Å². The van der Waals surface area contributed by atoms with Gasteiger partial charge in [-0.1, -0.05) is 12.5 Å². The summed E-state index contributed by atoms with van der Waals surface area (Å²) in [6, 6.07) is 7.27. The molecule has 1 aromatic carbocycles. The van der Waals surface area contributed by atoms with Crippen molar-refractivity contribution in [1.82, 2.24) is 14.3 Å². The monoisotopic (exact) mass is 327 g/mol. The van der Waals surface area contributed by atoms with Crippen LogP contribution in [0.25, 0.3) is 16.6 Å². The molecule has 0 radical (unpaired) electrons. The lowest BCUT2D eigenvalue weighted by Gasteiger charge is -2.26. The van der Waals surface area contributed by atoms with Crippen molar-refractivity contribution in [3.8, 4) is 5.75 Å².